The average Bonchev–Trinajstić information content (AvgIpc) is 3.00. The van der Waals surface area contributed by atoms with E-state index in [2.05, 4.69) is 165 Å². The highest BCUT2D eigenvalue weighted by molar-refractivity contribution is 9.10. The smallest absolute Gasteiger partial charge is 0.0181 e. The predicted octanol–water partition coefficient (Wildman–Crippen LogP) is 12.3. The lowest BCUT2D eigenvalue weighted by Crippen LogP contribution is -1.91. The lowest BCUT2D eigenvalue weighted by Gasteiger charge is -2.19. The molecule has 8 rings (SSSR count). The van der Waals surface area contributed by atoms with Crippen molar-refractivity contribution in [2.75, 3.05) is 0 Å². The second-order valence-corrected chi connectivity index (χ2v) is 12.2. The SMILES string of the molecule is Brc1ccc2c(c1)c1cc(Br)ccc1c1c(-c3ccc4ccccc4c3)ccc(-c3ccc4ccccc4c3)c21. The van der Waals surface area contributed by atoms with Gasteiger partial charge in [-0.2, -0.15) is 0 Å². The molecule has 0 spiro atoms. The van der Waals surface area contributed by atoms with Crippen molar-refractivity contribution in [1.29, 1.82) is 0 Å². The summed E-state index contributed by atoms with van der Waals surface area (Å²) in [7, 11) is 0. The Morgan fingerprint density at radius 3 is 1.20 bits per heavy atom. The van der Waals surface area contributed by atoms with Gasteiger partial charge in [-0.3, -0.25) is 0 Å². The van der Waals surface area contributed by atoms with E-state index in [9.17, 15) is 0 Å². The van der Waals surface area contributed by atoms with Gasteiger partial charge in [-0.15, -0.1) is 0 Å². The summed E-state index contributed by atoms with van der Waals surface area (Å²) < 4.78 is 2.16. The first-order valence-electron chi connectivity index (χ1n) is 13.4. The molecule has 0 saturated heterocycles. The maximum atomic E-state index is 3.75. The molecule has 188 valence electrons. The van der Waals surface area contributed by atoms with Crippen molar-refractivity contribution in [2.45, 2.75) is 0 Å². The Kier molecular flexibility index (Phi) is 5.55. The molecule has 0 aromatic heterocycles. The van der Waals surface area contributed by atoms with E-state index < -0.39 is 0 Å². The van der Waals surface area contributed by atoms with E-state index in [1.54, 1.807) is 0 Å². The highest BCUT2D eigenvalue weighted by Crippen LogP contribution is 2.46. The monoisotopic (exact) mass is 636 g/mol. The Morgan fingerprint density at radius 1 is 0.325 bits per heavy atom. The van der Waals surface area contributed by atoms with Crippen LogP contribution in [0.2, 0.25) is 0 Å². The molecule has 0 radical (unpaired) electrons. The molecule has 0 amide bonds. The fourth-order valence-corrected chi connectivity index (χ4v) is 6.99. The highest BCUT2D eigenvalue weighted by Gasteiger charge is 2.18. The highest BCUT2D eigenvalue weighted by atomic mass is 79.9. The fourth-order valence-electron chi connectivity index (χ4n) is 6.27. The van der Waals surface area contributed by atoms with E-state index in [-0.39, 0.29) is 0 Å². The fraction of sp³-hybridized carbons (Fsp3) is 0. The Balaban J connectivity index is 1.57. The zero-order chi connectivity index (χ0) is 26.8. The molecule has 0 bridgehead atoms. The molecular formula is C38H22Br2. The maximum Gasteiger partial charge on any atom is 0.0181 e. The quantitative estimate of drug-likeness (QED) is 0.165. The molecule has 0 N–H and O–H groups in total. The van der Waals surface area contributed by atoms with Crippen LogP contribution in [0.15, 0.2) is 142 Å². The van der Waals surface area contributed by atoms with Crippen LogP contribution in [0.1, 0.15) is 0 Å². The van der Waals surface area contributed by atoms with Crippen molar-refractivity contribution in [2.24, 2.45) is 0 Å². The molecule has 0 aliphatic carbocycles. The van der Waals surface area contributed by atoms with Crippen LogP contribution in [0, 0.1) is 0 Å². The third-order valence-corrected chi connectivity index (χ3v) is 9.10. The van der Waals surface area contributed by atoms with E-state index in [4.69, 9.17) is 0 Å². The van der Waals surface area contributed by atoms with Gasteiger partial charge >= 0.3 is 0 Å². The van der Waals surface area contributed by atoms with Crippen LogP contribution in [0.3, 0.4) is 0 Å². The minimum absolute atomic E-state index is 1.08. The van der Waals surface area contributed by atoms with E-state index >= 15 is 0 Å². The van der Waals surface area contributed by atoms with Crippen LogP contribution in [0.5, 0.6) is 0 Å². The largest absolute Gasteiger partial charge is 0.0616 e. The standard InChI is InChI=1S/C38H22Br2/c39-29-13-15-33-35(21-29)36-22-30(40)14-16-34(36)38-32(28-12-10-24-6-2-4-8-26(24)20-28)18-17-31(37(33)38)27-11-9-23-5-1-3-7-25(23)19-27/h1-22H. The van der Waals surface area contributed by atoms with Gasteiger partial charge in [-0.1, -0.05) is 129 Å². The van der Waals surface area contributed by atoms with E-state index in [0.717, 1.165) is 8.95 Å². The number of fused-ring (bicyclic) bond motifs is 8. The molecule has 8 aromatic rings. The topological polar surface area (TPSA) is 0 Å². The summed E-state index contributed by atoms with van der Waals surface area (Å²) >= 11 is 7.51. The Labute approximate surface area is 249 Å². The maximum absolute atomic E-state index is 3.75. The first-order valence-corrected chi connectivity index (χ1v) is 15.0. The van der Waals surface area contributed by atoms with Gasteiger partial charge in [0.15, 0.2) is 0 Å². The Bertz CT molecular complexity index is 2130. The van der Waals surface area contributed by atoms with E-state index in [1.165, 1.54) is 76.1 Å². The zero-order valence-corrected chi connectivity index (χ0v) is 24.6. The molecule has 0 nitrogen and oxygen atoms in total. The minimum Gasteiger partial charge on any atom is -0.0616 e. The molecule has 0 aliphatic heterocycles. The van der Waals surface area contributed by atoms with Crippen molar-refractivity contribution in [3.05, 3.63) is 142 Å². The van der Waals surface area contributed by atoms with Crippen LogP contribution in [0.25, 0.3) is 76.1 Å². The molecule has 0 atom stereocenters. The van der Waals surface area contributed by atoms with Crippen LogP contribution in [-0.4, -0.2) is 0 Å². The molecule has 8 aromatic carbocycles. The lowest BCUT2D eigenvalue weighted by atomic mass is 9.85. The van der Waals surface area contributed by atoms with Crippen molar-refractivity contribution in [3.8, 4) is 22.3 Å². The number of halogens is 2. The van der Waals surface area contributed by atoms with Gasteiger partial charge in [0, 0.05) is 8.95 Å². The third kappa shape index (κ3) is 3.78. The number of rotatable bonds is 2. The van der Waals surface area contributed by atoms with Gasteiger partial charge < -0.3 is 0 Å². The second-order valence-electron chi connectivity index (χ2n) is 10.4. The third-order valence-electron chi connectivity index (χ3n) is 8.12. The van der Waals surface area contributed by atoms with Gasteiger partial charge in [-0.05, 0) is 113 Å². The summed E-state index contributed by atoms with van der Waals surface area (Å²) in [6.07, 6.45) is 0. The molecule has 40 heavy (non-hydrogen) atoms. The van der Waals surface area contributed by atoms with Crippen molar-refractivity contribution in [3.63, 3.8) is 0 Å². The summed E-state index contributed by atoms with van der Waals surface area (Å²) in [6.45, 7) is 0. The molecule has 0 aliphatic rings. The molecular weight excluding hydrogens is 616 g/mol. The van der Waals surface area contributed by atoms with Gasteiger partial charge in [0.1, 0.15) is 0 Å². The summed E-state index contributed by atoms with van der Waals surface area (Å²) in [6, 6.07) is 48.9. The molecule has 0 fully saturated rings. The number of hydrogen-bond acceptors (Lipinski definition) is 0. The van der Waals surface area contributed by atoms with Crippen LogP contribution >= 0.6 is 31.9 Å². The van der Waals surface area contributed by atoms with Crippen molar-refractivity contribution < 1.29 is 0 Å². The van der Waals surface area contributed by atoms with Gasteiger partial charge in [-0.25, -0.2) is 0 Å². The average molecular weight is 638 g/mol. The van der Waals surface area contributed by atoms with Crippen LogP contribution in [0.4, 0.5) is 0 Å². The summed E-state index contributed by atoms with van der Waals surface area (Å²) in [5, 5.41) is 12.6. The molecule has 0 saturated carbocycles. The van der Waals surface area contributed by atoms with Crippen molar-refractivity contribution >= 4 is 85.7 Å². The summed E-state index contributed by atoms with van der Waals surface area (Å²) in [4.78, 5) is 0. The lowest BCUT2D eigenvalue weighted by molar-refractivity contribution is 1.66. The first-order chi connectivity index (χ1) is 19.6. The number of benzene rings is 8. The normalized spacial score (nSPS) is 11.8. The molecule has 0 heterocycles. The number of hydrogen-bond donors (Lipinski definition) is 0. The van der Waals surface area contributed by atoms with E-state index in [1.807, 2.05) is 0 Å². The zero-order valence-electron chi connectivity index (χ0n) is 21.5. The Morgan fingerprint density at radius 2 is 0.750 bits per heavy atom. The minimum atomic E-state index is 1.08. The van der Waals surface area contributed by atoms with Crippen LogP contribution in [-0.2, 0) is 0 Å². The van der Waals surface area contributed by atoms with Crippen LogP contribution < -0.4 is 0 Å². The van der Waals surface area contributed by atoms with E-state index in [0.29, 0.717) is 0 Å². The van der Waals surface area contributed by atoms with Gasteiger partial charge in [0.05, 0.1) is 0 Å². The first kappa shape index (κ1) is 23.9. The molecule has 2 heteroatoms. The summed E-state index contributed by atoms with van der Waals surface area (Å²) in [5.74, 6) is 0. The van der Waals surface area contributed by atoms with Crippen molar-refractivity contribution in [1.82, 2.24) is 0 Å². The van der Waals surface area contributed by atoms with Gasteiger partial charge in [0.25, 0.3) is 0 Å². The Hall–Kier alpha value is -3.98. The van der Waals surface area contributed by atoms with Gasteiger partial charge in [0.2, 0.25) is 0 Å². The predicted molar refractivity (Wildman–Crippen MR) is 180 cm³/mol. The molecule has 0 unspecified atom stereocenters. The summed E-state index contributed by atoms with van der Waals surface area (Å²) in [5.41, 5.74) is 4.97. The second kappa shape index (κ2) is 9.30.